The minimum atomic E-state index is -1.12. The number of carboxylic acid groups (broad SMARTS) is 1. The second-order valence-electron chi connectivity index (χ2n) is 4.99. The Balaban J connectivity index is 2.68. The summed E-state index contributed by atoms with van der Waals surface area (Å²) in [6, 6.07) is 6.63. The maximum Gasteiger partial charge on any atom is 0.356 e. The lowest BCUT2D eigenvalue weighted by molar-refractivity contribution is 0.0688. The number of carboxylic acids is 1. The van der Waals surface area contributed by atoms with E-state index in [0.717, 1.165) is 0 Å². The van der Waals surface area contributed by atoms with Crippen molar-refractivity contribution in [1.82, 2.24) is 9.78 Å². The quantitative estimate of drug-likeness (QED) is 0.858. The van der Waals surface area contributed by atoms with Crippen molar-refractivity contribution < 1.29 is 9.90 Å². The van der Waals surface area contributed by atoms with Gasteiger partial charge in [0.2, 0.25) is 0 Å². The SMILES string of the molecule is CC(C)C(N)c1c(C(=O)O)nn(-c2ccccc2Cl)c1Br. The van der Waals surface area contributed by atoms with Crippen molar-refractivity contribution in [1.29, 1.82) is 0 Å². The molecule has 1 heterocycles. The number of aromatic nitrogens is 2. The van der Waals surface area contributed by atoms with Crippen molar-refractivity contribution in [3.05, 3.63) is 45.1 Å². The summed E-state index contributed by atoms with van der Waals surface area (Å²) >= 11 is 9.56. The summed E-state index contributed by atoms with van der Waals surface area (Å²) < 4.78 is 1.97. The van der Waals surface area contributed by atoms with E-state index in [1.54, 1.807) is 24.3 Å². The van der Waals surface area contributed by atoms with Gasteiger partial charge in [0.1, 0.15) is 4.60 Å². The molecule has 1 atom stereocenters. The van der Waals surface area contributed by atoms with Gasteiger partial charge in [0.15, 0.2) is 5.69 Å². The number of hydrogen-bond acceptors (Lipinski definition) is 3. The van der Waals surface area contributed by atoms with Crippen molar-refractivity contribution in [2.24, 2.45) is 11.7 Å². The van der Waals surface area contributed by atoms with Crippen LogP contribution in [0.25, 0.3) is 5.69 Å². The molecule has 0 amide bonds. The molecule has 1 aromatic carbocycles. The lowest BCUT2D eigenvalue weighted by Gasteiger charge is -2.15. The molecule has 0 aliphatic heterocycles. The highest BCUT2D eigenvalue weighted by atomic mass is 79.9. The summed E-state index contributed by atoms with van der Waals surface area (Å²) in [7, 11) is 0. The number of nitrogens with two attached hydrogens (primary N) is 1. The molecule has 0 saturated carbocycles. The summed E-state index contributed by atoms with van der Waals surface area (Å²) in [5.74, 6) is -1.05. The normalized spacial score (nSPS) is 12.7. The van der Waals surface area contributed by atoms with E-state index in [0.29, 0.717) is 20.9 Å². The summed E-state index contributed by atoms with van der Waals surface area (Å²) in [6.45, 7) is 3.85. The van der Waals surface area contributed by atoms with E-state index in [9.17, 15) is 9.90 Å². The summed E-state index contributed by atoms with van der Waals surface area (Å²) in [6.07, 6.45) is 0. The van der Waals surface area contributed by atoms with E-state index in [1.807, 2.05) is 13.8 Å². The number of halogens is 2. The maximum absolute atomic E-state index is 11.4. The Hall–Kier alpha value is -1.37. The molecule has 7 heteroatoms. The van der Waals surface area contributed by atoms with Gasteiger partial charge < -0.3 is 10.8 Å². The lowest BCUT2D eigenvalue weighted by atomic mass is 9.97. The Morgan fingerprint density at radius 1 is 1.43 bits per heavy atom. The molecule has 112 valence electrons. The van der Waals surface area contributed by atoms with Crippen molar-refractivity contribution in [3.8, 4) is 5.69 Å². The molecule has 3 N–H and O–H groups in total. The standard InChI is InChI=1S/C14H15BrClN3O2/c1-7(2)11(17)10-12(14(20)21)18-19(13(10)15)9-6-4-3-5-8(9)16/h3-7,11H,17H2,1-2H3,(H,20,21). The third-order valence-corrected chi connectivity index (χ3v) is 4.28. The van der Waals surface area contributed by atoms with Gasteiger partial charge >= 0.3 is 5.97 Å². The number of benzene rings is 1. The predicted octanol–water partition coefficient (Wildman–Crippen LogP) is 3.64. The Bertz CT molecular complexity index is 685. The zero-order valence-corrected chi connectivity index (χ0v) is 13.9. The molecule has 21 heavy (non-hydrogen) atoms. The average Bonchev–Trinajstić information content (AvgIpc) is 2.76. The van der Waals surface area contributed by atoms with E-state index in [2.05, 4.69) is 21.0 Å². The number of aromatic carboxylic acids is 1. The van der Waals surface area contributed by atoms with Gasteiger partial charge in [-0.15, -0.1) is 0 Å². The highest BCUT2D eigenvalue weighted by Gasteiger charge is 2.28. The van der Waals surface area contributed by atoms with Crippen LogP contribution < -0.4 is 5.73 Å². The highest BCUT2D eigenvalue weighted by Crippen LogP contribution is 2.33. The summed E-state index contributed by atoms with van der Waals surface area (Å²) in [5.41, 5.74) is 7.12. The van der Waals surface area contributed by atoms with Crippen LogP contribution in [0, 0.1) is 5.92 Å². The number of carbonyl (C=O) groups is 1. The van der Waals surface area contributed by atoms with Gasteiger partial charge in [-0.25, -0.2) is 9.48 Å². The molecular formula is C14H15BrClN3O2. The second-order valence-corrected chi connectivity index (χ2v) is 6.15. The molecule has 0 aliphatic rings. The summed E-state index contributed by atoms with van der Waals surface area (Å²) in [4.78, 5) is 11.4. The van der Waals surface area contributed by atoms with Crippen LogP contribution in [0.4, 0.5) is 0 Å². The number of nitrogens with zero attached hydrogens (tertiary/aromatic N) is 2. The molecule has 0 aliphatic carbocycles. The third-order valence-electron chi connectivity index (χ3n) is 3.20. The second kappa shape index (κ2) is 6.17. The maximum atomic E-state index is 11.4. The third kappa shape index (κ3) is 2.97. The Labute approximate surface area is 135 Å². The first-order chi connectivity index (χ1) is 9.84. The average molecular weight is 373 g/mol. The van der Waals surface area contributed by atoms with Crippen molar-refractivity contribution >= 4 is 33.5 Å². The molecule has 0 radical (unpaired) electrons. The van der Waals surface area contributed by atoms with Crippen molar-refractivity contribution in [2.75, 3.05) is 0 Å². The molecule has 2 rings (SSSR count). The van der Waals surface area contributed by atoms with Gasteiger partial charge in [0, 0.05) is 11.6 Å². The highest BCUT2D eigenvalue weighted by molar-refractivity contribution is 9.10. The van der Waals surface area contributed by atoms with Crippen LogP contribution in [0.5, 0.6) is 0 Å². The van der Waals surface area contributed by atoms with Crippen LogP contribution in [0.2, 0.25) is 5.02 Å². The minimum absolute atomic E-state index is 0.0667. The van der Waals surface area contributed by atoms with E-state index in [4.69, 9.17) is 17.3 Å². The van der Waals surface area contributed by atoms with Crippen LogP contribution >= 0.6 is 27.5 Å². The van der Waals surface area contributed by atoms with Crippen molar-refractivity contribution in [2.45, 2.75) is 19.9 Å². The monoisotopic (exact) mass is 371 g/mol. The number of hydrogen-bond donors (Lipinski definition) is 2. The fourth-order valence-electron chi connectivity index (χ4n) is 1.98. The van der Waals surface area contributed by atoms with Crippen LogP contribution in [0.1, 0.15) is 35.9 Å². The Morgan fingerprint density at radius 3 is 2.57 bits per heavy atom. The van der Waals surface area contributed by atoms with E-state index >= 15 is 0 Å². The molecule has 2 aromatic rings. The molecule has 0 spiro atoms. The van der Waals surface area contributed by atoms with Gasteiger partial charge in [-0.05, 0) is 34.0 Å². The topological polar surface area (TPSA) is 81.1 Å². The van der Waals surface area contributed by atoms with Crippen LogP contribution in [-0.4, -0.2) is 20.9 Å². The van der Waals surface area contributed by atoms with E-state index < -0.39 is 12.0 Å². The molecule has 1 unspecified atom stereocenters. The van der Waals surface area contributed by atoms with E-state index in [-0.39, 0.29) is 11.6 Å². The van der Waals surface area contributed by atoms with Gasteiger partial charge in [0.05, 0.1) is 10.7 Å². The first kappa shape index (κ1) is 16.0. The molecule has 0 saturated heterocycles. The van der Waals surface area contributed by atoms with Gasteiger partial charge in [-0.2, -0.15) is 5.10 Å². The smallest absolute Gasteiger partial charge is 0.356 e. The van der Waals surface area contributed by atoms with Gasteiger partial charge in [-0.1, -0.05) is 37.6 Å². The Kier molecular flexibility index (Phi) is 4.70. The minimum Gasteiger partial charge on any atom is -0.476 e. The van der Waals surface area contributed by atoms with Gasteiger partial charge in [-0.3, -0.25) is 0 Å². The first-order valence-electron chi connectivity index (χ1n) is 6.36. The Morgan fingerprint density at radius 2 is 2.05 bits per heavy atom. The molecular weight excluding hydrogens is 358 g/mol. The molecule has 0 bridgehead atoms. The lowest BCUT2D eigenvalue weighted by Crippen LogP contribution is -2.19. The van der Waals surface area contributed by atoms with Gasteiger partial charge in [0.25, 0.3) is 0 Å². The number of rotatable bonds is 4. The van der Waals surface area contributed by atoms with Crippen LogP contribution in [-0.2, 0) is 0 Å². The summed E-state index contributed by atoms with van der Waals surface area (Å²) in [5, 5.41) is 14.0. The zero-order chi connectivity index (χ0) is 15.7. The fourth-order valence-corrected chi connectivity index (χ4v) is 2.92. The molecule has 0 fully saturated rings. The van der Waals surface area contributed by atoms with Crippen LogP contribution in [0.3, 0.4) is 0 Å². The fraction of sp³-hybridized carbons (Fsp3) is 0.286. The van der Waals surface area contributed by atoms with E-state index in [1.165, 1.54) is 4.68 Å². The predicted molar refractivity (Wildman–Crippen MR) is 85.0 cm³/mol. The number of para-hydroxylation sites is 1. The zero-order valence-electron chi connectivity index (χ0n) is 11.5. The van der Waals surface area contributed by atoms with Crippen molar-refractivity contribution in [3.63, 3.8) is 0 Å². The largest absolute Gasteiger partial charge is 0.476 e. The first-order valence-corrected chi connectivity index (χ1v) is 7.53. The molecule has 1 aromatic heterocycles. The van der Waals surface area contributed by atoms with Crippen LogP contribution in [0.15, 0.2) is 28.9 Å². The molecule has 5 nitrogen and oxygen atoms in total.